The van der Waals surface area contributed by atoms with Crippen LogP contribution in [0, 0.1) is 11.3 Å². The van der Waals surface area contributed by atoms with E-state index in [0.29, 0.717) is 12.8 Å². The van der Waals surface area contributed by atoms with Crippen molar-refractivity contribution in [2.75, 3.05) is 18.0 Å². The molecular formula is C13H16N2O. The van der Waals surface area contributed by atoms with Crippen LogP contribution in [0.2, 0.25) is 0 Å². The highest BCUT2D eigenvalue weighted by Crippen LogP contribution is 2.28. The number of aliphatic hydroxyl groups is 1. The number of para-hydroxylation sites is 1. The maximum Gasteiger partial charge on any atom is 0.0810 e. The van der Waals surface area contributed by atoms with Crippen molar-refractivity contribution in [1.29, 1.82) is 5.26 Å². The minimum Gasteiger partial charge on any atom is -0.389 e. The van der Waals surface area contributed by atoms with Crippen LogP contribution >= 0.6 is 0 Å². The quantitative estimate of drug-likeness (QED) is 0.821. The molecule has 0 radical (unpaired) electrons. The molecular weight excluding hydrogens is 200 g/mol. The summed E-state index contributed by atoms with van der Waals surface area (Å²) >= 11 is 0. The van der Waals surface area contributed by atoms with Crippen molar-refractivity contribution in [2.45, 2.75) is 24.9 Å². The standard InChI is InChI=1S/C13H16N2O/c14-9-6-13(16)7-10-15(11-8-13)12-4-2-1-3-5-12/h1-5,16H,6-8,10-11H2. The number of rotatable bonds is 2. The molecule has 1 N–H and O–H groups in total. The molecule has 0 aromatic heterocycles. The lowest BCUT2D eigenvalue weighted by Gasteiger charge is -2.38. The fourth-order valence-corrected chi connectivity index (χ4v) is 2.14. The van der Waals surface area contributed by atoms with Gasteiger partial charge in [-0.15, -0.1) is 0 Å². The first-order valence-electron chi connectivity index (χ1n) is 5.63. The van der Waals surface area contributed by atoms with Crippen molar-refractivity contribution < 1.29 is 5.11 Å². The van der Waals surface area contributed by atoms with Gasteiger partial charge >= 0.3 is 0 Å². The Labute approximate surface area is 95.9 Å². The molecule has 2 rings (SSSR count). The van der Waals surface area contributed by atoms with Crippen LogP contribution in [0.1, 0.15) is 19.3 Å². The van der Waals surface area contributed by atoms with Crippen molar-refractivity contribution in [3.05, 3.63) is 30.3 Å². The molecule has 0 unspecified atom stereocenters. The Kier molecular flexibility index (Phi) is 3.12. The summed E-state index contributed by atoms with van der Waals surface area (Å²) in [6, 6.07) is 12.3. The van der Waals surface area contributed by atoms with Crippen molar-refractivity contribution in [2.24, 2.45) is 0 Å². The molecule has 0 atom stereocenters. The molecule has 0 bridgehead atoms. The highest BCUT2D eigenvalue weighted by Gasteiger charge is 2.31. The third-order valence-corrected chi connectivity index (χ3v) is 3.22. The van der Waals surface area contributed by atoms with Gasteiger partial charge in [-0.3, -0.25) is 0 Å². The van der Waals surface area contributed by atoms with Crippen molar-refractivity contribution >= 4 is 5.69 Å². The first-order chi connectivity index (χ1) is 7.73. The fourth-order valence-electron chi connectivity index (χ4n) is 2.14. The zero-order valence-corrected chi connectivity index (χ0v) is 9.26. The highest BCUT2D eigenvalue weighted by molar-refractivity contribution is 5.46. The van der Waals surface area contributed by atoms with Gasteiger partial charge in [0, 0.05) is 18.8 Å². The number of piperidine rings is 1. The van der Waals surface area contributed by atoms with Gasteiger partial charge in [0.15, 0.2) is 0 Å². The zero-order chi connectivity index (χ0) is 11.4. The van der Waals surface area contributed by atoms with Gasteiger partial charge in [-0.05, 0) is 25.0 Å². The van der Waals surface area contributed by atoms with Gasteiger partial charge in [-0.2, -0.15) is 5.26 Å². The lowest BCUT2D eigenvalue weighted by atomic mass is 9.88. The Morgan fingerprint density at radius 2 is 1.88 bits per heavy atom. The van der Waals surface area contributed by atoms with E-state index in [0.717, 1.165) is 13.1 Å². The maximum atomic E-state index is 10.1. The molecule has 0 saturated carbocycles. The first-order valence-corrected chi connectivity index (χ1v) is 5.63. The monoisotopic (exact) mass is 216 g/mol. The van der Waals surface area contributed by atoms with Crippen molar-refractivity contribution in [3.8, 4) is 6.07 Å². The van der Waals surface area contributed by atoms with E-state index < -0.39 is 5.60 Å². The minimum absolute atomic E-state index is 0.246. The van der Waals surface area contributed by atoms with E-state index in [-0.39, 0.29) is 6.42 Å². The molecule has 3 heteroatoms. The Hall–Kier alpha value is -1.53. The van der Waals surface area contributed by atoms with Crippen LogP contribution in [-0.2, 0) is 0 Å². The molecule has 0 aliphatic carbocycles. The van der Waals surface area contributed by atoms with Gasteiger partial charge in [0.25, 0.3) is 0 Å². The van der Waals surface area contributed by atoms with Crippen LogP contribution in [0.5, 0.6) is 0 Å². The van der Waals surface area contributed by atoms with Gasteiger partial charge in [0.2, 0.25) is 0 Å². The lowest BCUT2D eigenvalue weighted by molar-refractivity contribution is 0.0207. The molecule has 1 aliphatic heterocycles. The van der Waals surface area contributed by atoms with E-state index in [1.54, 1.807) is 0 Å². The van der Waals surface area contributed by atoms with Crippen LogP contribution in [0.15, 0.2) is 30.3 Å². The van der Waals surface area contributed by atoms with Gasteiger partial charge in [0.05, 0.1) is 18.1 Å². The van der Waals surface area contributed by atoms with Crippen LogP contribution < -0.4 is 4.90 Å². The number of anilines is 1. The number of hydrogen-bond acceptors (Lipinski definition) is 3. The van der Waals surface area contributed by atoms with Gasteiger partial charge in [-0.25, -0.2) is 0 Å². The summed E-state index contributed by atoms with van der Waals surface area (Å²) in [6.07, 6.45) is 1.60. The molecule has 1 aromatic rings. The third kappa shape index (κ3) is 2.34. The summed E-state index contributed by atoms with van der Waals surface area (Å²) in [5, 5.41) is 18.7. The summed E-state index contributed by atoms with van der Waals surface area (Å²) in [5.41, 5.74) is 0.432. The number of nitrogens with zero attached hydrogens (tertiary/aromatic N) is 2. The number of nitriles is 1. The van der Waals surface area contributed by atoms with E-state index in [4.69, 9.17) is 5.26 Å². The predicted molar refractivity (Wildman–Crippen MR) is 63.1 cm³/mol. The Bertz CT molecular complexity index is 375. The summed E-state index contributed by atoms with van der Waals surface area (Å²) in [5.74, 6) is 0. The molecule has 16 heavy (non-hydrogen) atoms. The van der Waals surface area contributed by atoms with Crippen LogP contribution in [0.25, 0.3) is 0 Å². The summed E-state index contributed by atoms with van der Waals surface area (Å²) in [6.45, 7) is 1.64. The second-order valence-corrected chi connectivity index (χ2v) is 4.38. The van der Waals surface area contributed by atoms with Crippen LogP contribution in [0.4, 0.5) is 5.69 Å². The highest BCUT2D eigenvalue weighted by atomic mass is 16.3. The average molecular weight is 216 g/mol. The average Bonchev–Trinajstić information content (AvgIpc) is 2.31. The minimum atomic E-state index is -0.764. The molecule has 1 saturated heterocycles. The molecule has 1 heterocycles. The fraction of sp³-hybridized carbons (Fsp3) is 0.462. The Morgan fingerprint density at radius 1 is 1.25 bits per heavy atom. The number of benzene rings is 1. The molecule has 0 spiro atoms. The van der Waals surface area contributed by atoms with Crippen molar-refractivity contribution in [1.82, 2.24) is 0 Å². The van der Waals surface area contributed by atoms with Crippen molar-refractivity contribution in [3.63, 3.8) is 0 Å². The Balaban J connectivity index is 1.98. The molecule has 1 aromatic carbocycles. The zero-order valence-electron chi connectivity index (χ0n) is 9.26. The third-order valence-electron chi connectivity index (χ3n) is 3.22. The van der Waals surface area contributed by atoms with Gasteiger partial charge in [0.1, 0.15) is 0 Å². The molecule has 84 valence electrons. The number of hydrogen-bond donors (Lipinski definition) is 1. The molecule has 3 nitrogen and oxygen atoms in total. The topological polar surface area (TPSA) is 47.3 Å². The predicted octanol–water partition coefficient (Wildman–Crippen LogP) is 1.93. The van der Waals surface area contributed by atoms with E-state index in [1.807, 2.05) is 18.2 Å². The SMILES string of the molecule is N#CCC1(O)CCN(c2ccccc2)CC1. The molecule has 1 aliphatic rings. The maximum absolute atomic E-state index is 10.1. The summed E-state index contributed by atoms with van der Waals surface area (Å²) in [4.78, 5) is 2.26. The van der Waals surface area contributed by atoms with E-state index in [1.165, 1.54) is 5.69 Å². The lowest BCUT2D eigenvalue weighted by Crippen LogP contribution is -2.44. The van der Waals surface area contributed by atoms with Gasteiger partial charge < -0.3 is 10.0 Å². The smallest absolute Gasteiger partial charge is 0.0810 e. The van der Waals surface area contributed by atoms with E-state index >= 15 is 0 Å². The van der Waals surface area contributed by atoms with Gasteiger partial charge in [-0.1, -0.05) is 18.2 Å². The molecule has 1 fully saturated rings. The Morgan fingerprint density at radius 3 is 2.44 bits per heavy atom. The summed E-state index contributed by atoms with van der Waals surface area (Å²) < 4.78 is 0. The van der Waals surface area contributed by atoms with E-state index in [2.05, 4.69) is 23.1 Å². The second kappa shape index (κ2) is 4.54. The largest absolute Gasteiger partial charge is 0.389 e. The second-order valence-electron chi connectivity index (χ2n) is 4.38. The normalized spacial score (nSPS) is 19.1. The van der Waals surface area contributed by atoms with Crippen LogP contribution in [-0.4, -0.2) is 23.8 Å². The summed E-state index contributed by atoms with van der Waals surface area (Å²) in [7, 11) is 0. The van der Waals surface area contributed by atoms with Crippen LogP contribution in [0.3, 0.4) is 0 Å². The first kappa shape index (κ1) is 11.0. The van der Waals surface area contributed by atoms with E-state index in [9.17, 15) is 5.11 Å². The molecule has 0 amide bonds.